The number of benzene rings is 1. The van der Waals surface area contributed by atoms with Gasteiger partial charge in [-0.25, -0.2) is 0 Å². The predicted molar refractivity (Wildman–Crippen MR) is 80.9 cm³/mol. The molecule has 2 aromatic rings. The summed E-state index contributed by atoms with van der Waals surface area (Å²) in [5.41, 5.74) is 0.861. The van der Waals surface area contributed by atoms with Crippen LogP contribution >= 0.6 is 11.8 Å². The van der Waals surface area contributed by atoms with Crippen LogP contribution in [-0.4, -0.2) is 28.0 Å². The summed E-state index contributed by atoms with van der Waals surface area (Å²) in [5, 5.41) is 8.09. The first-order chi connectivity index (χ1) is 10.2. The van der Waals surface area contributed by atoms with Crippen LogP contribution in [-0.2, 0) is 9.53 Å². The number of thioether (sulfide) groups is 1. The highest BCUT2D eigenvalue weighted by Gasteiger charge is 2.23. The second-order valence-corrected chi connectivity index (χ2v) is 5.54. The van der Waals surface area contributed by atoms with E-state index in [9.17, 15) is 4.79 Å². The first-order valence-electron chi connectivity index (χ1n) is 6.96. The minimum Gasteiger partial charge on any atom is -0.465 e. The fourth-order valence-electron chi connectivity index (χ4n) is 1.80. The number of hydrogen-bond donors (Lipinski definition) is 0. The zero-order chi connectivity index (χ0) is 15.1. The fraction of sp³-hybridized carbons (Fsp3) is 0.400. The number of aromatic nitrogens is 2. The van der Waals surface area contributed by atoms with Crippen LogP contribution < -0.4 is 0 Å². The van der Waals surface area contributed by atoms with E-state index >= 15 is 0 Å². The van der Waals surface area contributed by atoms with Gasteiger partial charge >= 0.3 is 5.97 Å². The molecule has 0 unspecified atom stereocenters. The van der Waals surface area contributed by atoms with Crippen molar-refractivity contribution in [2.75, 3.05) is 6.61 Å². The van der Waals surface area contributed by atoms with Gasteiger partial charge in [0.1, 0.15) is 5.25 Å². The summed E-state index contributed by atoms with van der Waals surface area (Å²) in [6.07, 6.45) is 1.60. The molecule has 0 spiro atoms. The minimum atomic E-state index is -0.306. The number of rotatable bonds is 7. The first-order valence-corrected chi connectivity index (χ1v) is 7.84. The van der Waals surface area contributed by atoms with E-state index in [-0.39, 0.29) is 11.2 Å². The molecule has 0 bridgehead atoms. The van der Waals surface area contributed by atoms with Gasteiger partial charge in [0.2, 0.25) is 5.89 Å². The van der Waals surface area contributed by atoms with Crippen molar-refractivity contribution >= 4 is 17.7 Å². The van der Waals surface area contributed by atoms with Gasteiger partial charge in [0.05, 0.1) is 6.61 Å². The van der Waals surface area contributed by atoms with Gasteiger partial charge in [0.25, 0.3) is 5.22 Å². The quantitative estimate of drug-likeness (QED) is 0.575. The Morgan fingerprint density at radius 2 is 2.05 bits per heavy atom. The monoisotopic (exact) mass is 306 g/mol. The summed E-state index contributed by atoms with van der Waals surface area (Å²) in [5.74, 6) is 0.223. The van der Waals surface area contributed by atoms with Gasteiger partial charge in [-0.05, 0) is 25.5 Å². The van der Waals surface area contributed by atoms with E-state index in [0.29, 0.717) is 24.1 Å². The second kappa shape index (κ2) is 7.83. The lowest BCUT2D eigenvalue weighted by molar-refractivity contribution is -0.142. The Morgan fingerprint density at radius 3 is 2.71 bits per heavy atom. The lowest BCUT2D eigenvalue weighted by Gasteiger charge is -2.11. The number of ether oxygens (including phenoxy) is 1. The Bertz CT molecular complexity index is 571. The maximum Gasteiger partial charge on any atom is 0.319 e. The van der Waals surface area contributed by atoms with E-state index in [1.54, 1.807) is 6.92 Å². The number of carbonyl (C=O) groups excluding carboxylic acids is 1. The molecule has 21 heavy (non-hydrogen) atoms. The average Bonchev–Trinajstić information content (AvgIpc) is 2.96. The van der Waals surface area contributed by atoms with E-state index in [0.717, 1.165) is 12.0 Å². The van der Waals surface area contributed by atoms with Crippen molar-refractivity contribution in [2.45, 2.75) is 37.2 Å². The molecule has 1 atom stereocenters. The molecule has 0 aliphatic rings. The number of nitrogens with zero attached hydrogens (tertiary/aromatic N) is 2. The van der Waals surface area contributed by atoms with Gasteiger partial charge in [-0.3, -0.25) is 4.79 Å². The molecule has 6 heteroatoms. The van der Waals surface area contributed by atoms with E-state index in [2.05, 4.69) is 10.2 Å². The summed E-state index contributed by atoms with van der Waals surface area (Å²) in [6, 6.07) is 9.54. The molecular weight excluding hydrogens is 288 g/mol. The SMILES string of the molecule is CCC[C@@H](Sc1nnc(-c2ccccc2)o1)C(=O)OCC. The van der Waals surface area contributed by atoms with Crippen molar-refractivity contribution in [1.29, 1.82) is 0 Å². The summed E-state index contributed by atoms with van der Waals surface area (Å²) >= 11 is 1.26. The summed E-state index contributed by atoms with van der Waals surface area (Å²) in [7, 11) is 0. The average molecular weight is 306 g/mol. The highest BCUT2D eigenvalue weighted by atomic mass is 32.2. The molecular formula is C15H18N2O3S. The van der Waals surface area contributed by atoms with E-state index in [4.69, 9.17) is 9.15 Å². The molecule has 0 fully saturated rings. The van der Waals surface area contributed by atoms with Crippen LogP contribution in [0.2, 0.25) is 0 Å². The molecule has 2 rings (SSSR count). The molecule has 0 aliphatic heterocycles. The zero-order valence-electron chi connectivity index (χ0n) is 12.1. The molecule has 0 N–H and O–H groups in total. The predicted octanol–water partition coefficient (Wildman–Crippen LogP) is 3.56. The van der Waals surface area contributed by atoms with Crippen molar-refractivity contribution in [1.82, 2.24) is 10.2 Å². The standard InChI is InChI=1S/C15H18N2O3S/c1-3-8-12(14(18)19-4-2)21-15-17-16-13(20-15)11-9-6-5-7-10-11/h5-7,9-10,12H,3-4,8H2,1-2H3/t12-/m1/s1. The largest absolute Gasteiger partial charge is 0.465 e. The van der Waals surface area contributed by atoms with Gasteiger partial charge in [-0.2, -0.15) is 0 Å². The Hall–Kier alpha value is -1.82. The maximum absolute atomic E-state index is 11.9. The van der Waals surface area contributed by atoms with E-state index in [1.807, 2.05) is 37.3 Å². The Balaban J connectivity index is 2.08. The van der Waals surface area contributed by atoms with Crippen LogP contribution in [0.5, 0.6) is 0 Å². The number of hydrogen-bond acceptors (Lipinski definition) is 6. The smallest absolute Gasteiger partial charge is 0.319 e. The van der Waals surface area contributed by atoms with Gasteiger partial charge in [0.15, 0.2) is 0 Å². The molecule has 1 aromatic heterocycles. The number of esters is 1. The molecule has 112 valence electrons. The van der Waals surface area contributed by atoms with Crippen molar-refractivity contribution in [3.05, 3.63) is 30.3 Å². The molecule has 0 radical (unpaired) electrons. The lowest BCUT2D eigenvalue weighted by atomic mass is 10.2. The topological polar surface area (TPSA) is 65.2 Å². The molecule has 0 saturated carbocycles. The van der Waals surface area contributed by atoms with Crippen LogP contribution in [0.25, 0.3) is 11.5 Å². The maximum atomic E-state index is 11.9. The third-order valence-electron chi connectivity index (χ3n) is 2.77. The van der Waals surface area contributed by atoms with Crippen molar-refractivity contribution in [2.24, 2.45) is 0 Å². The van der Waals surface area contributed by atoms with Gasteiger partial charge in [0, 0.05) is 5.56 Å². The van der Waals surface area contributed by atoms with Crippen LogP contribution in [0.1, 0.15) is 26.7 Å². The summed E-state index contributed by atoms with van der Waals surface area (Å²) in [4.78, 5) is 11.9. The minimum absolute atomic E-state index is 0.233. The number of carbonyl (C=O) groups is 1. The van der Waals surface area contributed by atoms with Crippen LogP contribution in [0, 0.1) is 0 Å². The highest BCUT2D eigenvalue weighted by molar-refractivity contribution is 8.00. The lowest BCUT2D eigenvalue weighted by Crippen LogP contribution is -2.20. The first kappa shape index (κ1) is 15.6. The Labute approximate surface area is 128 Å². The molecule has 0 saturated heterocycles. The van der Waals surface area contributed by atoms with E-state index in [1.165, 1.54) is 11.8 Å². The van der Waals surface area contributed by atoms with Crippen molar-refractivity contribution < 1.29 is 13.9 Å². The second-order valence-electron chi connectivity index (χ2n) is 4.39. The van der Waals surface area contributed by atoms with Crippen LogP contribution in [0.15, 0.2) is 40.0 Å². The highest BCUT2D eigenvalue weighted by Crippen LogP contribution is 2.28. The molecule has 5 nitrogen and oxygen atoms in total. The molecule has 0 amide bonds. The van der Waals surface area contributed by atoms with Gasteiger partial charge in [-0.1, -0.05) is 43.3 Å². The Morgan fingerprint density at radius 1 is 1.29 bits per heavy atom. The van der Waals surface area contributed by atoms with E-state index < -0.39 is 0 Å². The van der Waals surface area contributed by atoms with Gasteiger partial charge in [-0.15, -0.1) is 10.2 Å². The van der Waals surface area contributed by atoms with Gasteiger partial charge < -0.3 is 9.15 Å². The van der Waals surface area contributed by atoms with Crippen molar-refractivity contribution in [3.8, 4) is 11.5 Å². The summed E-state index contributed by atoms with van der Waals surface area (Å²) in [6.45, 7) is 4.19. The molecule has 1 heterocycles. The molecule has 1 aromatic carbocycles. The molecule has 0 aliphatic carbocycles. The van der Waals surface area contributed by atoms with Crippen LogP contribution in [0.3, 0.4) is 0 Å². The Kier molecular flexibility index (Phi) is 5.80. The normalized spacial score (nSPS) is 12.1. The van der Waals surface area contributed by atoms with Crippen molar-refractivity contribution in [3.63, 3.8) is 0 Å². The van der Waals surface area contributed by atoms with Crippen LogP contribution in [0.4, 0.5) is 0 Å². The third kappa shape index (κ3) is 4.32. The third-order valence-corrected chi connectivity index (χ3v) is 3.85. The zero-order valence-corrected chi connectivity index (χ0v) is 12.9. The summed E-state index contributed by atoms with van der Waals surface area (Å²) < 4.78 is 10.7. The fourth-order valence-corrected chi connectivity index (χ4v) is 2.77.